The third kappa shape index (κ3) is 3.56. The molecule has 0 radical (unpaired) electrons. The Kier molecular flexibility index (Phi) is 4.94. The second-order valence-corrected chi connectivity index (χ2v) is 4.29. The Morgan fingerprint density at radius 2 is 1.94 bits per heavy atom. The van der Waals surface area contributed by atoms with E-state index in [1.165, 1.54) is 0 Å². The lowest BCUT2D eigenvalue weighted by atomic mass is 10.1. The molecule has 0 saturated carbocycles. The quantitative estimate of drug-likeness (QED) is 0.742. The zero-order chi connectivity index (χ0) is 13.9. The van der Waals surface area contributed by atoms with Crippen LogP contribution in [-0.2, 0) is 6.18 Å². The van der Waals surface area contributed by atoms with E-state index in [2.05, 4.69) is 21.2 Å². The molecular weight excluding hydrogens is 322 g/mol. The Labute approximate surface area is 109 Å². The lowest BCUT2D eigenvalue weighted by Gasteiger charge is -2.16. The maximum atomic E-state index is 13.1. The molecule has 0 aliphatic carbocycles. The Morgan fingerprint density at radius 1 is 1.33 bits per heavy atom. The highest BCUT2D eigenvalue weighted by molar-refractivity contribution is 9.10. The van der Waals surface area contributed by atoms with Gasteiger partial charge in [-0.25, -0.2) is 4.39 Å². The summed E-state index contributed by atoms with van der Waals surface area (Å²) in [5.74, 6) is -1.39. The molecule has 1 aromatic rings. The first-order valence-electron chi connectivity index (χ1n) is 4.85. The molecule has 3 N–H and O–H groups in total. The Hall–Kier alpha value is -0.860. The maximum absolute atomic E-state index is 13.1. The number of anilines is 1. The van der Waals surface area contributed by atoms with Crippen LogP contribution >= 0.6 is 15.9 Å². The molecule has 0 aliphatic heterocycles. The minimum absolute atomic E-state index is 0.0174. The Morgan fingerprint density at radius 3 is 2.44 bits per heavy atom. The molecule has 0 heterocycles. The number of aliphatic hydroxyl groups excluding tert-OH is 2. The molecule has 1 aromatic carbocycles. The zero-order valence-corrected chi connectivity index (χ0v) is 10.5. The summed E-state index contributed by atoms with van der Waals surface area (Å²) in [5, 5.41) is 20.1. The number of benzene rings is 1. The van der Waals surface area contributed by atoms with E-state index >= 15 is 0 Å². The zero-order valence-electron chi connectivity index (χ0n) is 8.93. The second-order valence-electron chi connectivity index (χ2n) is 3.50. The van der Waals surface area contributed by atoms with Crippen LogP contribution < -0.4 is 5.32 Å². The van der Waals surface area contributed by atoms with Gasteiger partial charge in [-0.05, 0) is 28.1 Å². The maximum Gasteiger partial charge on any atom is 0.420 e. The molecule has 0 aromatic heterocycles. The van der Waals surface area contributed by atoms with Gasteiger partial charge < -0.3 is 15.5 Å². The van der Waals surface area contributed by atoms with Crippen molar-refractivity contribution < 1.29 is 27.8 Å². The average molecular weight is 332 g/mol. The SMILES string of the molecule is OCC(O)CNc1ccc(F)c(C(F)(F)F)c1Br. The predicted molar refractivity (Wildman–Crippen MR) is 60.7 cm³/mol. The molecule has 1 unspecified atom stereocenters. The topological polar surface area (TPSA) is 52.5 Å². The van der Waals surface area contributed by atoms with E-state index in [1.54, 1.807) is 0 Å². The third-order valence-corrected chi connectivity index (χ3v) is 2.94. The number of hydrogen-bond acceptors (Lipinski definition) is 3. The molecule has 0 fully saturated rings. The summed E-state index contributed by atoms with van der Waals surface area (Å²) in [6.07, 6.45) is -5.94. The molecule has 1 atom stereocenters. The van der Waals surface area contributed by atoms with Gasteiger partial charge in [-0.2, -0.15) is 13.2 Å². The van der Waals surface area contributed by atoms with Gasteiger partial charge in [-0.3, -0.25) is 0 Å². The van der Waals surface area contributed by atoms with Crippen LogP contribution in [0.15, 0.2) is 16.6 Å². The van der Waals surface area contributed by atoms with E-state index in [0.717, 1.165) is 6.07 Å². The van der Waals surface area contributed by atoms with Gasteiger partial charge in [0, 0.05) is 12.2 Å². The smallest absolute Gasteiger partial charge is 0.394 e. The van der Waals surface area contributed by atoms with E-state index in [9.17, 15) is 17.6 Å². The van der Waals surface area contributed by atoms with Gasteiger partial charge in [0.2, 0.25) is 0 Å². The van der Waals surface area contributed by atoms with Crippen LogP contribution in [0.5, 0.6) is 0 Å². The highest BCUT2D eigenvalue weighted by Gasteiger charge is 2.37. The first-order valence-corrected chi connectivity index (χ1v) is 5.64. The fraction of sp³-hybridized carbons (Fsp3) is 0.400. The molecular formula is C10H10BrF4NO2. The average Bonchev–Trinajstić information content (AvgIpc) is 2.25. The predicted octanol–water partition coefficient (Wildman–Crippen LogP) is 2.37. The van der Waals surface area contributed by atoms with Crippen molar-refractivity contribution in [2.45, 2.75) is 12.3 Å². The van der Waals surface area contributed by atoms with Gasteiger partial charge >= 0.3 is 6.18 Å². The highest BCUT2D eigenvalue weighted by atomic mass is 79.9. The summed E-state index contributed by atoms with van der Waals surface area (Å²) in [6.45, 7) is -0.685. The summed E-state index contributed by atoms with van der Waals surface area (Å²) >= 11 is 2.67. The summed E-state index contributed by atoms with van der Waals surface area (Å²) in [7, 11) is 0. The molecule has 102 valence electrons. The highest BCUT2D eigenvalue weighted by Crippen LogP contribution is 2.40. The minimum atomic E-state index is -4.82. The normalized spacial score (nSPS) is 13.5. The van der Waals surface area contributed by atoms with Crippen molar-refractivity contribution >= 4 is 21.6 Å². The lowest BCUT2D eigenvalue weighted by molar-refractivity contribution is -0.140. The number of nitrogens with one attached hydrogen (secondary N) is 1. The fourth-order valence-corrected chi connectivity index (χ4v) is 1.93. The molecule has 3 nitrogen and oxygen atoms in total. The number of rotatable bonds is 4. The van der Waals surface area contributed by atoms with Crippen molar-refractivity contribution in [3.8, 4) is 0 Å². The van der Waals surface area contributed by atoms with Gasteiger partial charge in [-0.1, -0.05) is 0 Å². The number of hydrogen-bond donors (Lipinski definition) is 3. The largest absolute Gasteiger partial charge is 0.420 e. The number of aliphatic hydroxyl groups is 2. The summed E-state index contributed by atoms with van der Waals surface area (Å²) in [6, 6.07) is 1.79. The molecule has 8 heteroatoms. The van der Waals surface area contributed by atoms with Gasteiger partial charge in [0.15, 0.2) is 0 Å². The Balaban J connectivity index is 3.02. The van der Waals surface area contributed by atoms with E-state index in [1.807, 2.05) is 0 Å². The molecule has 0 amide bonds. The van der Waals surface area contributed by atoms with Crippen molar-refractivity contribution in [1.82, 2.24) is 0 Å². The van der Waals surface area contributed by atoms with Gasteiger partial charge in [0.25, 0.3) is 0 Å². The van der Waals surface area contributed by atoms with Crippen LogP contribution in [0.1, 0.15) is 5.56 Å². The van der Waals surface area contributed by atoms with Crippen LogP contribution in [-0.4, -0.2) is 29.5 Å². The van der Waals surface area contributed by atoms with Gasteiger partial charge in [0.05, 0.1) is 17.2 Å². The van der Waals surface area contributed by atoms with Crippen molar-refractivity contribution in [3.05, 3.63) is 28.0 Å². The molecule has 0 spiro atoms. The molecule has 0 aliphatic rings. The van der Waals surface area contributed by atoms with E-state index in [0.29, 0.717) is 6.07 Å². The van der Waals surface area contributed by atoms with Gasteiger partial charge in [-0.15, -0.1) is 0 Å². The van der Waals surface area contributed by atoms with Crippen molar-refractivity contribution in [2.24, 2.45) is 0 Å². The lowest BCUT2D eigenvalue weighted by Crippen LogP contribution is -2.23. The summed E-state index contributed by atoms with van der Waals surface area (Å²) in [4.78, 5) is 0. The molecule has 0 bridgehead atoms. The molecule has 18 heavy (non-hydrogen) atoms. The second kappa shape index (κ2) is 5.85. The summed E-state index contributed by atoms with van der Waals surface area (Å²) in [5.41, 5.74) is -1.43. The molecule has 0 saturated heterocycles. The van der Waals surface area contributed by atoms with Gasteiger partial charge in [0.1, 0.15) is 11.4 Å². The van der Waals surface area contributed by atoms with Crippen molar-refractivity contribution in [1.29, 1.82) is 0 Å². The van der Waals surface area contributed by atoms with Crippen LogP contribution in [0.3, 0.4) is 0 Å². The number of alkyl halides is 3. The first-order chi connectivity index (χ1) is 8.27. The van der Waals surface area contributed by atoms with Crippen molar-refractivity contribution in [3.63, 3.8) is 0 Å². The molecule has 1 rings (SSSR count). The van der Waals surface area contributed by atoms with E-state index < -0.39 is 34.7 Å². The minimum Gasteiger partial charge on any atom is -0.394 e. The first kappa shape index (κ1) is 15.2. The van der Waals surface area contributed by atoms with Crippen LogP contribution in [0.4, 0.5) is 23.2 Å². The third-order valence-electron chi connectivity index (χ3n) is 2.11. The van der Waals surface area contributed by atoms with Crippen LogP contribution in [0.2, 0.25) is 0 Å². The van der Waals surface area contributed by atoms with Crippen LogP contribution in [0.25, 0.3) is 0 Å². The van der Waals surface area contributed by atoms with Crippen molar-refractivity contribution in [2.75, 3.05) is 18.5 Å². The Bertz CT molecular complexity index is 425. The van der Waals surface area contributed by atoms with E-state index in [4.69, 9.17) is 10.2 Å². The fourth-order valence-electron chi connectivity index (χ4n) is 1.24. The number of halogens is 5. The monoisotopic (exact) mass is 331 g/mol. The standard InChI is InChI=1S/C10H10BrF4NO2/c11-9-7(16-3-5(18)4-17)2-1-6(12)8(9)10(13,14)15/h1-2,5,16-18H,3-4H2. The summed E-state index contributed by atoms with van der Waals surface area (Å²) < 4.78 is 50.4. The van der Waals surface area contributed by atoms with Crippen LogP contribution in [0, 0.1) is 5.82 Å². The van der Waals surface area contributed by atoms with E-state index in [-0.39, 0.29) is 12.2 Å².